The Morgan fingerprint density at radius 3 is 2.69 bits per heavy atom. The molecule has 3 heterocycles. The van der Waals surface area contributed by atoms with Crippen LogP contribution in [-0.2, 0) is 4.74 Å². The fourth-order valence-corrected chi connectivity index (χ4v) is 3.52. The van der Waals surface area contributed by atoms with Gasteiger partial charge in [-0.2, -0.15) is 9.61 Å². The van der Waals surface area contributed by atoms with Gasteiger partial charge < -0.3 is 25.2 Å². The summed E-state index contributed by atoms with van der Waals surface area (Å²) in [7, 11) is 3.05. The number of nitrogens with zero attached hydrogens (tertiary/aromatic N) is 5. The second kappa shape index (κ2) is 9.37. The van der Waals surface area contributed by atoms with E-state index in [4.69, 9.17) is 9.47 Å². The molecule has 2 amide bonds. The Hall–Kier alpha value is -3.93. The molecule has 186 valence electrons. The fraction of sp³-hybridized carbons (Fsp3) is 0.435. The van der Waals surface area contributed by atoms with Crippen molar-refractivity contribution in [1.29, 1.82) is 0 Å². The number of hydrogen-bond donors (Lipinski definition) is 3. The molecule has 0 saturated heterocycles. The number of methoxy groups -OCH3 is 1. The third-order valence-corrected chi connectivity index (χ3v) is 5.49. The molecule has 1 saturated carbocycles. The number of hydrogen-bond acceptors (Lipinski definition) is 9. The fourth-order valence-electron chi connectivity index (χ4n) is 3.52. The first-order valence-electron chi connectivity index (χ1n) is 11.2. The van der Waals surface area contributed by atoms with Crippen LogP contribution in [0, 0.1) is 0 Å². The molecule has 1 fully saturated rings. The number of nitrogens with one attached hydrogen (secondary N) is 2. The van der Waals surface area contributed by atoms with Gasteiger partial charge >= 0.3 is 6.09 Å². The SMILES string of the molecule is COc1ncccc1Nc1cc(N(C)C(=O)OC(C)(C)C)n2ncc(C(=O)N[C@H]3CC[C@H]3O)c2n1. The molecule has 4 rings (SSSR count). The van der Waals surface area contributed by atoms with Crippen molar-refractivity contribution in [2.75, 3.05) is 24.4 Å². The Morgan fingerprint density at radius 2 is 2.06 bits per heavy atom. The van der Waals surface area contributed by atoms with E-state index in [2.05, 4.69) is 25.7 Å². The van der Waals surface area contributed by atoms with Gasteiger partial charge in [0, 0.05) is 19.3 Å². The van der Waals surface area contributed by atoms with E-state index in [0.29, 0.717) is 36.0 Å². The highest BCUT2D eigenvalue weighted by atomic mass is 16.6. The lowest BCUT2D eigenvalue weighted by molar-refractivity contribution is 0.0448. The Labute approximate surface area is 202 Å². The van der Waals surface area contributed by atoms with E-state index >= 15 is 0 Å². The molecule has 0 bridgehead atoms. The molecule has 35 heavy (non-hydrogen) atoms. The molecule has 12 nitrogen and oxygen atoms in total. The van der Waals surface area contributed by atoms with Gasteiger partial charge in [0.1, 0.15) is 28.5 Å². The van der Waals surface area contributed by atoms with Crippen LogP contribution in [0.5, 0.6) is 5.88 Å². The second-order valence-electron chi connectivity index (χ2n) is 9.24. The molecule has 0 unspecified atom stereocenters. The smallest absolute Gasteiger partial charge is 0.415 e. The summed E-state index contributed by atoms with van der Waals surface area (Å²) in [4.78, 5) is 35.8. The van der Waals surface area contributed by atoms with Crippen molar-refractivity contribution in [3.8, 4) is 5.88 Å². The van der Waals surface area contributed by atoms with E-state index in [1.807, 2.05) is 0 Å². The Bertz CT molecular complexity index is 1250. The molecule has 3 aromatic heterocycles. The van der Waals surface area contributed by atoms with Crippen LogP contribution >= 0.6 is 0 Å². The van der Waals surface area contributed by atoms with E-state index in [9.17, 15) is 14.7 Å². The molecule has 0 aliphatic heterocycles. The minimum Gasteiger partial charge on any atom is -0.480 e. The summed E-state index contributed by atoms with van der Waals surface area (Å²) >= 11 is 0. The molecule has 3 N–H and O–H groups in total. The van der Waals surface area contributed by atoms with Crippen LogP contribution in [0.15, 0.2) is 30.6 Å². The summed E-state index contributed by atoms with van der Waals surface area (Å²) in [5, 5.41) is 20.1. The van der Waals surface area contributed by atoms with Crippen LogP contribution in [0.25, 0.3) is 5.65 Å². The largest absolute Gasteiger partial charge is 0.480 e. The van der Waals surface area contributed by atoms with Gasteiger partial charge in [0.15, 0.2) is 5.65 Å². The predicted molar refractivity (Wildman–Crippen MR) is 128 cm³/mol. The van der Waals surface area contributed by atoms with Crippen LogP contribution < -0.4 is 20.3 Å². The molecule has 0 spiro atoms. The molecule has 3 aromatic rings. The van der Waals surface area contributed by atoms with Gasteiger partial charge in [0.05, 0.1) is 25.5 Å². The number of aromatic nitrogens is 4. The molecule has 0 radical (unpaired) electrons. The lowest BCUT2D eigenvalue weighted by atomic mass is 9.89. The van der Waals surface area contributed by atoms with Crippen molar-refractivity contribution in [3.05, 3.63) is 36.2 Å². The maximum Gasteiger partial charge on any atom is 0.415 e. The van der Waals surface area contributed by atoms with Crippen molar-refractivity contribution >= 4 is 35.0 Å². The summed E-state index contributed by atoms with van der Waals surface area (Å²) in [5.74, 6) is 0.574. The van der Waals surface area contributed by atoms with E-state index in [0.717, 1.165) is 0 Å². The van der Waals surface area contributed by atoms with Crippen LogP contribution in [0.4, 0.5) is 22.1 Å². The standard InChI is InChI=1S/C23H29N7O5/c1-23(2,3)35-22(33)29(4)18-11-17(26-15-7-6-10-24-21(15)34-5)28-19-13(12-25-30(18)19)20(32)27-14-8-9-16(14)31/h6-7,10-12,14,16,31H,8-9H2,1-5H3,(H,26,28)(H,27,32)/t14-,16+/m0/s1. The van der Waals surface area contributed by atoms with Crippen LogP contribution in [-0.4, -0.2) is 68.6 Å². The van der Waals surface area contributed by atoms with E-state index in [-0.39, 0.29) is 17.3 Å². The minimum atomic E-state index is -0.708. The number of ether oxygens (including phenoxy) is 2. The molecule has 12 heteroatoms. The molecule has 1 aliphatic carbocycles. The summed E-state index contributed by atoms with van der Waals surface area (Å²) in [5.41, 5.74) is 0.251. The Kier molecular flexibility index (Phi) is 6.48. The van der Waals surface area contributed by atoms with Gasteiger partial charge in [-0.3, -0.25) is 9.69 Å². The van der Waals surface area contributed by atoms with E-state index in [1.165, 1.54) is 22.7 Å². The second-order valence-corrected chi connectivity index (χ2v) is 9.24. The minimum absolute atomic E-state index is 0.199. The topological polar surface area (TPSA) is 143 Å². The lowest BCUT2D eigenvalue weighted by Crippen LogP contribution is -2.50. The van der Waals surface area contributed by atoms with Crippen molar-refractivity contribution in [2.24, 2.45) is 0 Å². The number of anilines is 3. The highest BCUT2D eigenvalue weighted by Gasteiger charge is 2.32. The van der Waals surface area contributed by atoms with E-state index in [1.54, 1.807) is 52.2 Å². The average Bonchev–Trinajstić information content (AvgIpc) is 3.23. The molecule has 1 aliphatic rings. The highest BCUT2D eigenvalue weighted by molar-refractivity contribution is 6.00. The van der Waals surface area contributed by atoms with Crippen molar-refractivity contribution in [2.45, 2.75) is 51.4 Å². The zero-order chi connectivity index (χ0) is 25.3. The zero-order valence-corrected chi connectivity index (χ0v) is 20.3. The molecule has 0 aromatic carbocycles. The van der Waals surface area contributed by atoms with Gasteiger partial charge in [-0.05, 0) is 45.7 Å². The van der Waals surface area contributed by atoms with Crippen LogP contribution in [0.2, 0.25) is 0 Å². The summed E-state index contributed by atoms with van der Waals surface area (Å²) in [6.07, 6.45) is 3.14. The Balaban J connectivity index is 1.76. The number of amides is 2. The number of aliphatic hydroxyl groups is 1. The third kappa shape index (κ3) is 5.11. The quantitative estimate of drug-likeness (QED) is 0.482. The monoisotopic (exact) mass is 483 g/mol. The predicted octanol–water partition coefficient (Wildman–Crippen LogP) is 2.50. The van der Waals surface area contributed by atoms with Gasteiger partial charge in [0.25, 0.3) is 5.91 Å². The number of fused-ring (bicyclic) bond motifs is 1. The van der Waals surface area contributed by atoms with E-state index < -0.39 is 23.7 Å². The van der Waals surface area contributed by atoms with Gasteiger partial charge in [-0.1, -0.05) is 0 Å². The average molecular weight is 484 g/mol. The summed E-state index contributed by atoms with van der Waals surface area (Å²) in [6, 6.07) is 4.78. The maximum absolute atomic E-state index is 13.0. The van der Waals surface area contributed by atoms with Gasteiger partial charge in [0.2, 0.25) is 5.88 Å². The Morgan fingerprint density at radius 1 is 1.29 bits per heavy atom. The van der Waals surface area contributed by atoms with Crippen LogP contribution in [0.3, 0.4) is 0 Å². The number of carbonyl (C=O) groups excluding carboxylic acids is 2. The molecule has 2 atom stereocenters. The van der Waals surface area contributed by atoms with Gasteiger partial charge in [-0.15, -0.1) is 0 Å². The highest BCUT2D eigenvalue weighted by Crippen LogP contribution is 2.28. The van der Waals surface area contributed by atoms with Crippen molar-refractivity contribution in [1.82, 2.24) is 24.9 Å². The lowest BCUT2D eigenvalue weighted by Gasteiger charge is -2.32. The first-order chi connectivity index (χ1) is 16.6. The molecular weight excluding hydrogens is 454 g/mol. The summed E-state index contributed by atoms with van der Waals surface area (Å²) in [6.45, 7) is 5.31. The number of pyridine rings is 1. The van der Waals surface area contributed by atoms with Crippen molar-refractivity contribution < 1.29 is 24.2 Å². The number of rotatable bonds is 6. The first kappa shape index (κ1) is 24.2. The van der Waals surface area contributed by atoms with Gasteiger partial charge in [-0.25, -0.2) is 14.8 Å². The zero-order valence-electron chi connectivity index (χ0n) is 20.3. The first-order valence-corrected chi connectivity index (χ1v) is 11.2. The summed E-state index contributed by atoms with van der Waals surface area (Å²) < 4.78 is 12.2. The third-order valence-electron chi connectivity index (χ3n) is 5.49. The normalized spacial score (nSPS) is 17.4. The van der Waals surface area contributed by atoms with Crippen molar-refractivity contribution in [3.63, 3.8) is 0 Å². The number of carbonyl (C=O) groups is 2. The van der Waals surface area contributed by atoms with Crippen LogP contribution in [0.1, 0.15) is 44.0 Å². The molecular formula is C23H29N7O5. The maximum atomic E-state index is 13.0. The number of aliphatic hydroxyl groups excluding tert-OH is 1.